The maximum Gasteiger partial charge on any atom is 0.337 e. The fourth-order valence-corrected chi connectivity index (χ4v) is 3.81. The van der Waals surface area contributed by atoms with Crippen LogP contribution >= 0.6 is 7.60 Å². The molecule has 0 amide bonds. The van der Waals surface area contributed by atoms with E-state index in [2.05, 4.69) is 0 Å². The van der Waals surface area contributed by atoms with Crippen molar-refractivity contribution in [1.82, 2.24) is 0 Å². The number of carbonyl (C=O) groups is 1. The van der Waals surface area contributed by atoms with E-state index in [1.165, 1.54) is 14.2 Å². The molecule has 0 aliphatic heterocycles. The second-order valence-corrected chi connectivity index (χ2v) is 7.42. The first-order valence-corrected chi connectivity index (χ1v) is 9.18. The van der Waals surface area contributed by atoms with E-state index < -0.39 is 13.4 Å². The van der Waals surface area contributed by atoms with Gasteiger partial charge in [0.25, 0.3) is 0 Å². The van der Waals surface area contributed by atoms with Crippen LogP contribution in [0.25, 0.3) is 0 Å². The van der Waals surface area contributed by atoms with E-state index in [1.54, 1.807) is 0 Å². The Morgan fingerprint density at radius 1 is 1.10 bits per heavy atom. The molecule has 0 aromatic carbocycles. The smallest absolute Gasteiger partial charge is 0.337 e. The lowest BCUT2D eigenvalue weighted by Gasteiger charge is -2.39. The molecule has 7 heteroatoms. The summed E-state index contributed by atoms with van der Waals surface area (Å²) in [7, 11) is -0.675. The van der Waals surface area contributed by atoms with Crippen molar-refractivity contribution in [3.05, 3.63) is 0 Å². The highest BCUT2D eigenvalue weighted by atomic mass is 31.2. The normalized spacial score (nSPS) is 19.6. The van der Waals surface area contributed by atoms with Crippen molar-refractivity contribution < 1.29 is 27.9 Å². The van der Waals surface area contributed by atoms with Crippen LogP contribution in [-0.2, 0) is 27.9 Å². The highest BCUT2D eigenvalue weighted by Gasteiger charge is 2.40. The Balaban J connectivity index is 2.59. The number of hydrogen-bond donors (Lipinski definition) is 0. The van der Waals surface area contributed by atoms with Crippen molar-refractivity contribution in [2.75, 3.05) is 33.6 Å². The van der Waals surface area contributed by atoms with Gasteiger partial charge in [-0.25, -0.2) is 0 Å². The van der Waals surface area contributed by atoms with Gasteiger partial charge in [0.05, 0.1) is 0 Å². The van der Waals surface area contributed by atoms with Crippen LogP contribution in [0.2, 0.25) is 0 Å². The van der Waals surface area contributed by atoms with Crippen LogP contribution in [0.1, 0.15) is 39.5 Å². The van der Waals surface area contributed by atoms with Crippen molar-refractivity contribution in [3.8, 4) is 0 Å². The summed E-state index contributed by atoms with van der Waals surface area (Å²) in [5, 5.41) is 0. The maximum absolute atomic E-state index is 12.2. The molecular formula is C14H27O6P. The molecule has 6 nitrogen and oxygen atoms in total. The Bertz CT molecular complexity index is 360. The lowest BCUT2D eigenvalue weighted by atomic mass is 9.83. The molecule has 0 aromatic rings. The third kappa shape index (κ3) is 5.15. The van der Waals surface area contributed by atoms with Gasteiger partial charge in [0.15, 0.2) is 5.79 Å². The van der Waals surface area contributed by atoms with Gasteiger partial charge < -0.3 is 18.5 Å². The molecule has 1 saturated carbocycles. The van der Waals surface area contributed by atoms with Gasteiger partial charge in [0, 0.05) is 46.2 Å². The molecule has 0 atom stereocenters. The SMILES string of the molecule is CCOC1(OCC)CCC(C(=O)CP(=O)(OC)OC)CC1. The van der Waals surface area contributed by atoms with Crippen LogP contribution in [-0.4, -0.2) is 45.2 Å². The van der Waals surface area contributed by atoms with Crippen LogP contribution < -0.4 is 0 Å². The van der Waals surface area contributed by atoms with Crippen LogP contribution in [0, 0.1) is 5.92 Å². The molecular weight excluding hydrogens is 295 g/mol. The van der Waals surface area contributed by atoms with Crippen LogP contribution in [0.3, 0.4) is 0 Å². The second kappa shape index (κ2) is 8.39. The van der Waals surface area contributed by atoms with E-state index in [0.29, 0.717) is 38.9 Å². The van der Waals surface area contributed by atoms with Crippen LogP contribution in [0.15, 0.2) is 0 Å². The second-order valence-electron chi connectivity index (χ2n) is 5.15. The molecule has 1 aliphatic rings. The first-order valence-electron chi connectivity index (χ1n) is 7.45. The topological polar surface area (TPSA) is 71.1 Å². The number of ketones is 1. The summed E-state index contributed by atoms with van der Waals surface area (Å²) in [4.78, 5) is 12.2. The lowest BCUT2D eigenvalue weighted by Crippen LogP contribution is -2.41. The summed E-state index contributed by atoms with van der Waals surface area (Å²) < 4.78 is 33.2. The molecule has 0 aromatic heterocycles. The molecule has 0 spiro atoms. The van der Waals surface area contributed by atoms with E-state index in [1.807, 2.05) is 13.8 Å². The number of ether oxygens (including phenoxy) is 2. The van der Waals surface area contributed by atoms with Crippen LogP contribution in [0.4, 0.5) is 0 Å². The molecule has 0 N–H and O–H groups in total. The molecule has 0 radical (unpaired) electrons. The molecule has 0 saturated heterocycles. The Morgan fingerprint density at radius 3 is 1.95 bits per heavy atom. The molecule has 21 heavy (non-hydrogen) atoms. The molecule has 1 rings (SSSR count). The van der Waals surface area contributed by atoms with Gasteiger partial charge >= 0.3 is 7.60 Å². The van der Waals surface area contributed by atoms with Gasteiger partial charge in [-0.3, -0.25) is 9.36 Å². The number of rotatable bonds is 9. The molecule has 0 heterocycles. The molecule has 1 fully saturated rings. The van der Waals surface area contributed by atoms with Gasteiger partial charge in [-0.15, -0.1) is 0 Å². The Labute approximate surface area is 127 Å². The highest BCUT2D eigenvalue weighted by molar-refractivity contribution is 7.54. The Morgan fingerprint density at radius 2 is 1.57 bits per heavy atom. The van der Waals surface area contributed by atoms with E-state index in [4.69, 9.17) is 18.5 Å². The van der Waals surface area contributed by atoms with E-state index in [0.717, 1.165) is 0 Å². The minimum atomic E-state index is -3.27. The third-order valence-electron chi connectivity index (χ3n) is 3.92. The number of Topliss-reactive ketones (excluding diaryl/α,β-unsaturated/α-hetero) is 1. The summed E-state index contributed by atoms with van der Waals surface area (Å²) in [6.07, 6.45) is 2.53. The summed E-state index contributed by atoms with van der Waals surface area (Å²) in [5.41, 5.74) is 0. The number of carbonyl (C=O) groups excluding carboxylic acids is 1. The highest BCUT2D eigenvalue weighted by Crippen LogP contribution is 2.47. The monoisotopic (exact) mass is 322 g/mol. The first kappa shape index (κ1) is 18.8. The first-order chi connectivity index (χ1) is 9.94. The van der Waals surface area contributed by atoms with Gasteiger partial charge in [-0.05, 0) is 26.7 Å². The maximum atomic E-state index is 12.2. The van der Waals surface area contributed by atoms with Crippen molar-refractivity contribution >= 4 is 13.4 Å². The zero-order valence-electron chi connectivity index (χ0n) is 13.4. The zero-order chi connectivity index (χ0) is 15.9. The largest absolute Gasteiger partial charge is 0.350 e. The van der Waals surface area contributed by atoms with E-state index >= 15 is 0 Å². The molecule has 0 bridgehead atoms. The predicted molar refractivity (Wildman–Crippen MR) is 79.4 cm³/mol. The summed E-state index contributed by atoms with van der Waals surface area (Å²) in [6.45, 7) is 5.04. The van der Waals surface area contributed by atoms with E-state index in [9.17, 15) is 9.36 Å². The zero-order valence-corrected chi connectivity index (χ0v) is 14.3. The van der Waals surface area contributed by atoms with Gasteiger partial charge in [-0.1, -0.05) is 0 Å². The molecule has 0 unspecified atom stereocenters. The third-order valence-corrected chi connectivity index (χ3v) is 5.73. The van der Waals surface area contributed by atoms with Crippen molar-refractivity contribution in [2.45, 2.75) is 45.3 Å². The average Bonchev–Trinajstić information content (AvgIpc) is 2.48. The average molecular weight is 322 g/mol. The number of hydrogen-bond acceptors (Lipinski definition) is 6. The predicted octanol–water partition coefficient (Wildman–Crippen LogP) is 3.00. The van der Waals surface area contributed by atoms with E-state index in [-0.39, 0.29) is 17.9 Å². The lowest BCUT2D eigenvalue weighted by molar-refractivity contribution is -0.251. The minimum absolute atomic E-state index is 0.0661. The van der Waals surface area contributed by atoms with Gasteiger partial charge in [0.2, 0.25) is 0 Å². The van der Waals surface area contributed by atoms with Crippen molar-refractivity contribution in [3.63, 3.8) is 0 Å². The fourth-order valence-electron chi connectivity index (χ4n) is 2.76. The Hall–Kier alpha value is -0.260. The standard InChI is InChI=1S/C14H27O6P/c1-5-19-14(20-6-2)9-7-12(8-10-14)13(15)11-21(16,17-3)18-4/h12H,5-11H2,1-4H3. The van der Waals surface area contributed by atoms with Gasteiger partial charge in [-0.2, -0.15) is 0 Å². The van der Waals surface area contributed by atoms with Crippen molar-refractivity contribution in [2.24, 2.45) is 5.92 Å². The molecule has 1 aliphatic carbocycles. The summed E-state index contributed by atoms with van der Waals surface area (Å²) in [5.74, 6) is -0.756. The van der Waals surface area contributed by atoms with Crippen LogP contribution in [0.5, 0.6) is 0 Å². The van der Waals surface area contributed by atoms with Crippen molar-refractivity contribution in [1.29, 1.82) is 0 Å². The summed E-state index contributed by atoms with van der Waals surface area (Å²) in [6, 6.07) is 0. The summed E-state index contributed by atoms with van der Waals surface area (Å²) >= 11 is 0. The molecule has 124 valence electrons. The van der Waals surface area contributed by atoms with Gasteiger partial charge in [0.1, 0.15) is 11.9 Å². The fraction of sp³-hybridized carbons (Fsp3) is 0.929. The quantitative estimate of drug-likeness (QED) is 0.480. The minimum Gasteiger partial charge on any atom is -0.350 e. The Kier molecular flexibility index (Phi) is 7.51.